The number of carbonyl (C=O) groups excluding carboxylic acids is 1. The van der Waals surface area contributed by atoms with Gasteiger partial charge in [-0.05, 0) is 48.7 Å². The normalized spacial score (nSPS) is 15.0. The van der Waals surface area contributed by atoms with E-state index in [0.717, 1.165) is 20.6 Å². The Morgan fingerprint density at radius 1 is 1.06 bits per heavy atom. The summed E-state index contributed by atoms with van der Waals surface area (Å²) in [5, 5.41) is 11.5. The van der Waals surface area contributed by atoms with Gasteiger partial charge in [0, 0.05) is 29.4 Å². The highest BCUT2D eigenvalue weighted by Gasteiger charge is 2.32. The summed E-state index contributed by atoms with van der Waals surface area (Å²) in [7, 11) is 0. The van der Waals surface area contributed by atoms with Crippen LogP contribution in [0.4, 0.5) is 5.69 Å². The van der Waals surface area contributed by atoms with Gasteiger partial charge in [-0.2, -0.15) is 0 Å². The van der Waals surface area contributed by atoms with E-state index in [1.54, 1.807) is 29.2 Å². The number of carbonyl (C=O) groups is 2. The molecule has 9 heteroatoms. The van der Waals surface area contributed by atoms with Crippen molar-refractivity contribution in [2.45, 2.75) is 25.4 Å². The van der Waals surface area contributed by atoms with Crippen molar-refractivity contribution in [3.8, 4) is 0 Å². The molecular weight excluding hydrogens is 456 g/mol. The van der Waals surface area contributed by atoms with Gasteiger partial charge in [0.1, 0.15) is 17.2 Å². The first kappa shape index (κ1) is 22.1. The van der Waals surface area contributed by atoms with Crippen molar-refractivity contribution in [3.63, 3.8) is 0 Å². The summed E-state index contributed by atoms with van der Waals surface area (Å²) in [5.74, 6) is -1.29. The first-order chi connectivity index (χ1) is 16.4. The molecule has 1 aromatic heterocycles. The molecular formula is C25H22N2O6S. The van der Waals surface area contributed by atoms with Gasteiger partial charge >= 0.3 is 5.97 Å². The minimum absolute atomic E-state index is 0.0812. The molecule has 34 heavy (non-hydrogen) atoms. The van der Waals surface area contributed by atoms with Crippen molar-refractivity contribution in [2.24, 2.45) is 0 Å². The van der Waals surface area contributed by atoms with Crippen LogP contribution in [0.5, 0.6) is 0 Å². The molecule has 2 N–H and O–H groups in total. The Balaban J connectivity index is 1.37. The van der Waals surface area contributed by atoms with E-state index in [9.17, 15) is 23.5 Å². The quantitative estimate of drug-likeness (QED) is 0.363. The second-order valence-electron chi connectivity index (χ2n) is 8.22. The third-order valence-corrected chi connectivity index (χ3v) is 6.95. The van der Waals surface area contributed by atoms with Crippen LogP contribution < -0.4 is 4.31 Å². The number of amides is 1. The SMILES string of the molecule is O=C(O)C(CCCN1Cc2ccccc2C1=O)N(c1ccc2oc3ccccc3c2c1)S(=O)O. The van der Waals surface area contributed by atoms with E-state index in [0.29, 0.717) is 41.9 Å². The molecule has 4 aromatic rings. The molecule has 1 amide bonds. The number of anilines is 1. The van der Waals surface area contributed by atoms with Gasteiger partial charge in [0.2, 0.25) is 0 Å². The molecule has 3 aromatic carbocycles. The molecule has 0 bridgehead atoms. The van der Waals surface area contributed by atoms with Crippen LogP contribution in [0.25, 0.3) is 21.9 Å². The zero-order valence-corrected chi connectivity index (χ0v) is 18.9. The maximum atomic E-state index is 12.6. The molecule has 2 heterocycles. The van der Waals surface area contributed by atoms with Crippen LogP contribution in [0.1, 0.15) is 28.8 Å². The molecule has 0 spiro atoms. The summed E-state index contributed by atoms with van der Waals surface area (Å²) >= 11 is -2.57. The molecule has 8 nitrogen and oxygen atoms in total. The van der Waals surface area contributed by atoms with Gasteiger partial charge in [-0.1, -0.05) is 36.4 Å². The van der Waals surface area contributed by atoms with Gasteiger partial charge in [0.25, 0.3) is 17.2 Å². The Kier molecular flexibility index (Phi) is 5.80. The summed E-state index contributed by atoms with van der Waals surface area (Å²) in [5.41, 5.74) is 3.19. The second kappa shape index (κ2) is 8.92. The topological polar surface area (TPSA) is 111 Å². The minimum Gasteiger partial charge on any atom is -0.480 e. The van der Waals surface area contributed by atoms with Crippen LogP contribution in [-0.4, -0.2) is 43.2 Å². The Labute approximate surface area is 197 Å². The highest BCUT2D eigenvalue weighted by atomic mass is 32.2. The molecule has 0 radical (unpaired) electrons. The molecule has 0 aliphatic carbocycles. The van der Waals surface area contributed by atoms with Crippen LogP contribution in [0.15, 0.2) is 71.1 Å². The number of fused-ring (bicyclic) bond motifs is 4. The van der Waals surface area contributed by atoms with Crippen LogP contribution >= 0.6 is 0 Å². The van der Waals surface area contributed by atoms with Gasteiger partial charge in [-0.25, -0.2) is 9.00 Å². The summed E-state index contributed by atoms with van der Waals surface area (Å²) in [6, 6.07) is 18.5. The number of hydrogen-bond acceptors (Lipinski definition) is 4. The van der Waals surface area contributed by atoms with Crippen molar-refractivity contribution < 1.29 is 27.9 Å². The van der Waals surface area contributed by atoms with Gasteiger partial charge in [-0.15, -0.1) is 0 Å². The van der Waals surface area contributed by atoms with Gasteiger partial charge in [0.15, 0.2) is 0 Å². The summed E-state index contributed by atoms with van der Waals surface area (Å²) in [6.07, 6.45) is 0.452. The van der Waals surface area contributed by atoms with E-state index < -0.39 is 23.3 Å². The fraction of sp³-hybridized carbons (Fsp3) is 0.200. The van der Waals surface area contributed by atoms with Gasteiger partial charge in [-0.3, -0.25) is 13.7 Å². The Hall–Kier alpha value is -3.69. The monoisotopic (exact) mass is 478 g/mol. The van der Waals surface area contributed by atoms with E-state index in [4.69, 9.17) is 4.42 Å². The third-order valence-electron chi connectivity index (χ3n) is 6.15. The molecule has 1 aliphatic heterocycles. The number of carboxylic acids is 1. The average Bonchev–Trinajstić information content (AvgIpc) is 3.35. The predicted octanol–water partition coefficient (Wildman–Crippen LogP) is 4.42. The van der Waals surface area contributed by atoms with Crippen molar-refractivity contribution in [2.75, 3.05) is 10.8 Å². The number of benzene rings is 3. The van der Waals surface area contributed by atoms with E-state index in [1.807, 2.05) is 42.5 Å². The summed E-state index contributed by atoms with van der Waals surface area (Å²) in [4.78, 5) is 26.4. The number of furan rings is 1. The minimum atomic E-state index is -2.57. The van der Waals surface area contributed by atoms with E-state index in [1.165, 1.54) is 0 Å². The van der Waals surface area contributed by atoms with Gasteiger partial charge in [0.05, 0.1) is 5.69 Å². The molecule has 5 rings (SSSR count). The highest BCUT2D eigenvalue weighted by molar-refractivity contribution is 7.80. The fourth-order valence-corrected chi connectivity index (χ4v) is 5.25. The lowest BCUT2D eigenvalue weighted by Crippen LogP contribution is -2.43. The summed E-state index contributed by atoms with van der Waals surface area (Å²) < 4.78 is 29.1. The van der Waals surface area contributed by atoms with Crippen LogP contribution in [-0.2, 0) is 22.6 Å². The third kappa shape index (κ3) is 3.93. The van der Waals surface area contributed by atoms with E-state index >= 15 is 0 Å². The number of hydrogen-bond donors (Lipinski definition) is 2. The van der Waals surface area contributed by atoms with Gasteiger partial charge < -0.3 is 14.4 Å². The second-order valence-corrected chi connectivity index (χ2v) is 9.07. The molecule has 0 fully saturated rings. The van der Waals surface area contributed by atoms with Crippen LogP contribution in [0.2, 0.25) is 0 Å². The van der Waals surface area contributed by atoms with Crippen molar-refractivity contribution in [1.82, 2.24) is 4.90 Å². The lowest BCUT2D eigenvalue weighted by molar-refractivity contribution is -0.138. The number of para-hydroxylation sites is 1. The van der Waals surface area contributed by atoms with Crippen molar-refractivity contribution in [1.29, 1.82) is 0 Å². The zero-order valence-electron chi connectivity index (χ0n) is 18.1. The molecule has 2 atom stereocenters. The van der Waals surface area contributed by atoms with Crippen LogP contribution in [0.3, 0.4) is 0 Å². The smallest absolute Gasteiger partial charge is 0.327 e. The standard InChI is InChI=1S/C25H22N2O6S/c28-24-18-7-2-1-6-16(18)15-26(24)13-5-9-21(25(29)30)27(34(31)32)17-11-12-23-20(14-17)19-8-3-4-10-22(19)33-23/h1-4,6-8,10-12,14,21H,5,9,13,15H2,(H,29,30)(H,31,32). The Bertz CT molecular complexity index is 1430. The molecule has 174 valence electrons. The van der Waals surface area contributed by atoms with E-state index in [2.05, 4.69) is 0 Å². The van der Waals surface area contributed by atoms with Crippen LogP contribution in [0, 0.1) is 0 Å². The maximum Gasteiger partial charge on any atom is 0.327 e. The first-order valence-electron chi connectivity index (χ1n) is 10.9. The molecule has 2 unspecified atom stereocenters. The molecule has 0 saturated heterocycles. The highest BCUT2D eigenvalue weighted by Crippen LogP contribution is 2.33. The lowest BCUT2D eigenvalue weighted by Gasteiger charge is -2.27. The molecule has 1 aliphatic rings. The van der Waals surface area contributed by atoms with Crippen molar-refractivity contribution >= 4 is 50.8 Å². The molecule has 0 saturated carbocycles. The van der Waals surface area contributed by atoms with Crippen molar-refractivity contribution in [3.05, 3.63) is 77.9 Å². The number of aliphatic carboxylic acids is 1. The predicted molar refractivity (Wildman–Crippen MR) is 129 cm³/mol. The van der Waals surface area contributed by atoms with E-state index in [-0.39, 0.29) is 12.3 Å². The Morgan fingerprint density at radius 2 is 1.79 bits per heavy atom. The lowest BCUT2D eigenvalue weighted by atomic mass is 10.1. The Morgan fingerprint density at radius 3 is 2.56 bits per heavy atom. The average molecular weight is 479 g/mol. The fourth-order valence-electron chi connectivity index (χ4n) is 4.54. The first-order valence-corrected chi connectivity index (χ1v) is 11.9. The number of rotatable bonds is 8. The largest absolute Gasteiger partial charge is 0.480 e. The number of carboxylic acid groups (broad SMARTS) is 1. The summed E-state index contributed by atoms with van der Waals surface area (Å²) in [6.45, 7) is 0.835. The number of nitrogens with zero attached hydrogens (tertiary/aromatic N) is 2. The maximum absolute atomic E-state index is 12.6. The zero-order chi connectivity index (χ0) is 23.8.